The summed E-state index contributed by atoms with van der Waals surface area (Å²) in [5, 5.41) is 3.20. The van der Waals surface area contributed by atoms with E-state index < -0.39 is 17.3 Å². The van der Waals surface area contributed by atoms with Gasteiger partial charge in [0.15, 0.2) is 0 Å². The second-order valence-corrected chi connectivity index (χ2v) is 5.08. The molecular weight excluding hydrogens is 243 g/mol. The minimum Gasteiger partial charge on any atom is -0.367 e. The number of benzene rings is 1. The van der Waals surface area contributed by atoms with E-state index in [9.17, 15) is 13.2 Å². The Labute approximate surface area is 103 Å². The standard InChI is InChI=1S/C13H14F3NO/c1-8-3-2-4-10(11(8)13(14,15)16)12-5-9(6-18-12)17-7-12/h2-4,9,17H,5-7H2,1H3. The lowest BCUT2D eigenvalue weighted by Gasteiger charge is -2.30. The molecule has 18 heavy (non-hydrogen) atoms. The normalized spacial score (nSPS) is 31.0. The van der Waals surface area contributed by atoms with Crippen LogP contribution in [-0.2, 0) is 16.5 Å². The van der Waals surface area contributed by atoms with Crippen molar-refractivity contribution >= 4 is 0 Å². The molecule has 5 heteroatoms. The average Bonchev–Trinajstić information content (AvgIpc) is 2.88. The van der Waals surface area contributed by atoms with Crippen LogP contribution in [0.15, 0.2) is 18.2 Å². The van der Waals surface area contributed by atoms with Gasteiger partial charge in [0, 0.05) is 12.6 Å². The number of fused-ring (bicyclic) bond motifs is 2. The fraction of sp³-hybridized carbons (Fsp3) is 0.538. The van der Waals surface area contributed by atoms with Crippen molar-refractivity contribution in [1.82, 2.24) is 5.32 Å². The number of hydrogen-bond donors (Lipinski definition) is 1. The van der Waals surface area contributed by atoms with E-state index in [1.807, 2.05) is 0 Å². The highest BCUT2D eigenvalue weighted by molar-refractivity contribution is 5.42. The molecule has 3 rings (SSSR count). The van der Waals surface area contributed by atoms with Gasteiger partial charge in [-0.05, 0) is 24.5 Å². The van der Waals surface area contributed by atoms with Crippen LogP contribution in [0.5, 0.6) is 0 Å². The van der Waals surface area contributed by atoms with Gasteiger partial charge in [-0.1, -0.05) is 18.2 Å². The second-order valence-electron chi connectivity index (χ2n) is 5.08. The lowest BCUT2D eigenvalue weighted by molar-refractivity contribution is -0.141. The zero-order valence-corrected chi connectivity index (χ0v) is 9.97. The van der Waals surface area contributed by atoms with Gasteiger partial charge >= 0.3 is 6.18 Å². The van der Waals surface area contributed by atoms with Gasteiger partial charge in [0.1, 0.15) is 5.60 Å². The summed E-state index contributed by atoms with van der Waals surface area (Å²) in [4.78, 5) is 0. The fourth-order valence-electron chi connectivity index (χ4n) is 3.05. The van der Waals surface area contributed by atoms with Gasteiger partial charge in [0.25, 0.3) is 0 Å². The molecule has 0 radical (unpaired) electrons. The third-order valence-electron chi connectivity index (χ3n) is 3.86. The van der Waals surface area contributed by atoms with Crippen molar-refractivity contribution in [3.63, 3.8) is 0 Å². The van der Waals surface area contributed by atoms with Gasteiger partial charge in [-0.3, -0.25) is 0 Å². The quantitative estimate of drug-likeness (QED) is 0.835. The van der Waals surface area contributed by atoms with Crippen LogP contribution in [0.3, 0.4) is 0 Å². The number of rotatable bonds is 1. The Morgan fingerprint density at radius 2 is 2.17 bits per heavy atom. The highest BCUT2D eigenvalue weighted by Crippen LogP contribution is 2.46. The van der Waals surface area contributed by atoms with Gasteiger partial charge in [-0.25, -0.2) is 0 Å². The van der Waals surface area contributed by atoms with Crippen molar-refractivity contribution in [2.45, 2.75) is 31.2 Å². The maximum Gasteiger partial charge on any atom is 0.417 e. The Kier molecular flexibility index (Phi) is 2.47. The first kappa shape index (κ1) is 12.0. The van der Waals surface area contributed by atoms with Crippen molar-refractivity contribution in [3.05, 3.63) is 34.9 Å². The number of halogens is 3. The van der Waals surface area contributed by atoms with E-state index in [-0.39, 0.29) is 17.2 Å². The molecule has 2 unspecified atom stereocenters. The number of nitrogens with one attached hydrogen (secondary N) is 1. The van der Waals surface area contributed by atoms with E-state index in [0.29, 0.717) is 19.6 Å². The highest BCUT2D eigenvalue weighted by Gasteiger charge is 2.51. The molecule has 2 aliphatic rings. The molecule has 0 saturated carbocycles. The third kappa shape index (κ3) is 1.65. The maximum atomic E-state index is 13.2. The maximum absolute atomic E-state index is 13.2. The monoisotopic (exact) mass is 257 g/mol. The van der Waals surface area contributed by atoms with Crippen LogP contribution in [0.25, 0.3) is 0 Å². The first-order chi connectivity index (χ1) is 8.42. The van der Waals surface area contributed by atoms with Gasteiger partial charge in [-0.15, -0.1) is 0 Å². The van der Waals surface area contributed by atoms with Crippen molar-refractivity contribution < 1.29 is 17.9 Å². The molecule has 0 aromatic heterocycles. The Hall–Kier alpha value is -1.07. The molecule has 1 aromatic carbocycles. The van der Waals surface area contributed by atoms with E-state index in [1.165, 1.54) is 13.0 Å². The summed E-state index contributed by atoms with van der Waals surface area (Å²) in [6.45, 7) is 2.45. The first-order valence-electron chi connectivity index (χ1n) is 5.97. The predicted octanol–water partition coefficient (Wildman–Crippen LogP) is 2.60. The number of hydrogen-bond acceptors (Lipinski definition) is 2. The van der Waals surface area contributed by atoms with Crippen molar-refractivity contribution in [2.24, 2.45) is 0 Å². The molecule has 2 nitrogen and oxygen atoms in total. The lowest BCUT2D eigenvalue weighted by atomic mass is 9.86. The summed E-state index contributed by atoms with van der Waals surface area (Å²) in [5.74, 6) is 0. The van der Waals surface area contributed by atoms with Crippen LogP contribution < -0.4 is 5.32 Å². The van der Waals surface area contributed by atoms with Crippen LogP contribution in [0.4, 0.5) is 13.2 Å². The number of aryl methyl sites for hydroxylation is 1. The number of ether oxygens (including phenoxy) is 1. The van der Waals surface area contributed by atoms with E-state index >= 15 is 0 Å². The molecule has 2 aliphatic heterocycles. The zero-order chi connectivity index (χ0) is 13.0. The average molecular weight is 257 g/mol. The summed E-state index contributed by atoms with van der Waals surface area (Å²) >= 11 is 0. The largest absolute Gasteiger partial charge is 0.417 e. The Bertz CT molecular complexity index is 476. The van der Waals surface area contributed by atoms with E-state index in [0.717, 1.165) is 0 Å². The van der Waals surface area contributed by atoms with Gasteiger partial charge in [0.05, 0.1) is 12.2 Å². The highest BCUT2D eigenvalue weighted by atomic mass is 19.4. The van der Waals surface area contributed by atoms with Crippen molar-refractivity contribution in [3.8, 4) is 0 Å². The van der Waals surface area contributed by atoms with E-state index in [4.69, 9.17) is 4.74 Å². The smallest absolute Gasteiger partial charge is 0.367 e. The minimum atomic E-state index is -4.33. The van der Waals surface area contributed by atoms with Crippen molar-refractivity contribution in [1.29, 1.82) is 0 Å². The van der Waals surface area contributed by atoms with Gasteiger partial charge in [-0.2, -0.15) is 13.2 Å². The summed E-state index contributed by atoms with van der Waals surface area (Å²) in [7, 11) is 0. The molecular formula is C13H14F3NO. The van der Waals surface area contributed by atoms with Crippen LogP contribution in [-0.4, -0.2) is 19.2 Å². The summed E-state index contributed by atoms with van der Waals surface area (Å²) in [6, 6.07) is 4.90. The summed E-state index contributed by atoms with van der Waals surface area (Å²) in [6.07, 6.45) is -3.71. The number of morpholine rings is 1. The van der Waals surface area contributed by atoms with Crippen LogP contribution in [0.2, 0.25) is 0 Å². The topological polar surface area (TPSA) is 21.3 Å². The van der Waals surface area contributed by atoms with Crippen molar-refractivity contribution in [2.75, 3.05) is 13.2 Å². The molecule has 98 valence electrons. The molecule has 2 heterocycles. The molecule has 1 aromatic rings. The second kappa shape index (κ2) is 3.71. The predicted molar refractivity (Wildman–Crippen MR) is 60.2 cm³/mol. The molecule has 0 aliphatic carbocycles. The summed E-state index contributed by atoms with van der Waals surface area (Å²) < 4.78 is 45.3. The Balaban J connectivity index is 2.15. The molecule has 2 fully saturated rings. The zero-order valence-electron chi connectivity index (χ0n) is 9.97. The molecule has 0 amide bonds. The molecule has 2 bridgehead atoms. The molecule has 2 saturated heterocycles. The summed E-state index contributed by atoms with van der Waals surface area (Å²) in [5.41, 5.74) is -0.785. The third-order valence-corrected chi connectivity index (χ3v) is 3.86. The fourth-order valence-corrected chi connectivity index (χ4v) is 3.05. The van der Waals surface area contributed by atoms with E-state index in [1.54, 1.807) is 12.1 Å². The van der Waals surface area contributed by atoms with Crippen LogP contribution in [0, 0.1) is 6.92 Å². The molecule has 0 spiro atoms. The minimum absolute atomic E-state index is 0.187. The number of alkyl halides is 3. The van der Waals surface area contributed by atoms with E-state index in [2.05, 4.69) is 5.32 Å². The van der Waals surface area contributed by atoms with Crippen LogP contribution >= 0.6 is 0 Å². The molecule has 1 N–H and O–H groups in total. The first-order valence-corrected chi connectivity index (χ1v) is 5.97. The van der Waals surface area contributed by atoms with Gasteiger partial charge < -0.3 is 10.1 Å². The van der Waals surface area contributed by atoms with Crippen LogP contribution in [0.1, 0.15) is 23.1 Å². The lowest BCUT2D eigenvalue weighted by Crippen LogP contribution is -2.38. The Morgan fingerprint density at radius 1 is 1.39 bits per heavy atom. The van der Waals surface area contributed by atoms with Gasteiger partial charge in [0.2, 0.25) is 0 Å². The Morgan fingerprint density at radius 3 is 2.67 bits per heavy atom. The molecule has 2 atom stereocenters. The SMILES string of the molecule is Cc1cccc(C23CNC(CO2)C3)c1C(F)(F)F.